The molecule has 0 bridgehead atoms. The first-order chi connectivity index (χ1) is 24.9. The van der Waals surface area contributed by atoms with Crippen LogP contribution in [0.4, 0.5) is 4.39 Å². The molecule has 0 aliphatic heterocycles. The number of hydrogen-bond donors (Lipinski definition) is 0. The van der Waals surface area contributed by atoms with Crippen LogP contribution in [-0.2, 0) is 32.5 Å². The van der Waals surface area contributed by atoms with E-state index in [-0.39, 0.29) is 38.3 Å². The Bertz CT molecular complexity index is 2050. The van der Waals surface area contributed by atoms with Gasteiger partial charge in [-0.3, -0.25) is 0 Å². The van der Waals surface area contributed by atoms with Gasteiger partial charge in [0.2, 0.25) is 0 Å². The monoisotopic (exact) mass is 764 g/mol. The molecule has 5 aromatic rings. The van der Waals surface area contributed by atoms with Crippen molar-refractivity contribution in [3.05, 3.63) is 112 Å². The van der Waals surface area contributed by atoms with Gasteiger partial charge in [0.15, 0.2) is 0 Å². The Kier molecular flexibility index (Phi) is 11.1. The van der Waals surface area contributed by atoms with Gasteiger partial charge in [-0.2, -0.15) is 0 Å². The molecule has 3 nitrogen and oxygen atoms in total. The van der Waals surface area contributed by atoms with Crippen LogP contribution in [0.5, 0.6) is 17.2 Å². The lowest BCUT2D eigenvalue weighted by Gasteiger charge is -2.31. The van der Waals surface area contributed by atoms with Crippen LogP contribution in [0.25, 0.3) is 21.5 Å². The first-order valence-electron chi connectivity index (χ1n) is 19.8. The van der Waals surface area contributed by atoms with Crippen molar-refractivity contribution in [1.29, 1.82) is 0 Å². The average Bonchev–Trinajstić information content (AvgIpc) is 3.01. The van der Waals surface area contributed by atoms with Gasteiger partial charge in [-0.25, -0.2) is 4.39 Å². The molecule has 0 saturated heterocycles. The molecule has 0 aliphatic rings. The van der Waals surface area contributed by atoms with E-state index in [0.29, 0.717) is 17.2 Å². The van der Waals surface area contributed by atoms with Crippen LogP contribution in [-0.4, -0.2) is 0 Å². The highest BCUT2D eigenvalue weighted by molar-refractivity contribution is 7.43. The van der Waals surface area contributed by atoms with E-state index in [1.807, 2.05) is 0 Å². The molecule has 0 aromatic heterocycles. The summed E-state index contributed by atoms with van der Waals surface area (Å²) in [6.45, 7) is 40.5. The fourth-order valence-electron chi connectivity index (χ4n) is 7.01. The Morgan fingerprint density at radius 2 is 0.727 bits per heavy atom. The maximum atomic E-state index is 14.1. The summed E-state index contributed by atoms with van der Waals surface area (Å²) >= 11 is 0. The largest absolute Gasteiger partial charge is 0.530 e. The van der Waals surface area contributed by atoms with E-state index < -0.39 is 8.60 Å². The molecule has 296 valence electrons. The second kappa shape index (κ2) is 14.4. The van der Waals surface area contributed by atoms with Gasteiger partial charge in [-0.05, 0) is 125 Å². The molecule has 0 N–H and O–H groups in total. The average molecular weight is 765 g/mol. The van der Waals surface area contributed by atoms with Gasteiger partial charge in [0.25, 0.3) is 0 Å². The SMILES string of the molecule is CC(C)(C)c1cc(C(C)(C)C)c2cc(OP(Oc3ccc(F)cc3)Oc3cc4c(C(C)(C)C)cc(C(C)(C)C)cc4cc3C(C)(C)C)c(C(C)(C)C)cc2c1. The van der Waals surface area contributed by atoms with Gasteiger partial charge in [0.1, 0.15) is 23.1 Å². The molecular weight excluding hydrogens is 699 g/mol. The van der Waals surface area contributed by atoms with Crippen molar-refractivity contribution in [3.63, 3.8) is 0 Å². The third-order valence-electron chi connectivity index (χ3n) is 10.4. The van der Waals surface area contributed by atoms with Crippen molar-refractivity contribution in [1.82, 2.24) is 0 Å². The van der Waals surface area contributed by atoms with Gasteiger partial charge >= 0.3 is 8.60 Å². The fraction of sp³-hybridized carbons (Fsp3) is 0.480. The number of rotatable bonds is 6. The molecule has 0 atom stereocenters. The van der Waals surface area contributed by atoms with Gasteiger partial charge in [-0.1, -0.05) is 149 Å². The molecule has 0 saturated carbocycles. The Balaban J connectivity index is 1.77. The predicted octanol–water partition coefficient (Wildman–Crippen LogP) is 15.7. The minimum atomic E-state index is -2.08. The third kappa shape index (κ3) is 9.68. The Morgan fingerprint density at radius 1 is 0.382 bits per heavy atom. The summed E-state index contributed by atoms with van der Waals surface area (Å²) in [6, 6.07) is 24.4. The highest BCUT2D eigenvalue weighted by atomic mass is 31.2. The zero-order chi connectivity index (χ0) is 41.3. The molecule has 0 aliphatic carbocycles. The van der Waals surface area contributed by atoms with Gasteiger partial charge < -0.3 is 13.6 Å². The number of benzene rings is 5. The normalized spacial score (nSPS) is 13.5. The molecule has 5 aromatic carbocycles. The second-order valence-corrected chi connectivity index (χ2v) is 22.6. The van der Waals surface area contributed by atoms with Gasteiger partial charge in [0.05, 0.1) is 0 Å². The molecule has 0 radical (unpaired) electrons. The van der Waals surface area contributed by atoms with Gasteiger partial charge in [0, 0.05) is 11.1 Å². The van der Waals surface area contributed by atoms with Crippen molar-refractivity contribution >= 4 is 30.1 Å². The molecule has 0 fully saturated rings. The summed E-state index contributed by atoms with van der Waals surface area (Å²) in [5.41, 5.74) is 6.48. The first kappa shape index (κ1) is 42.5. The van der Waals surface area contributed by atoms with Crippen molar-refractivity contribution < 1.29 is 18.0 Å². The van der Waals surface area contributed by atoms with Crippen LogP contribution in [0.2, 0.25) is 0 Å². The molecule has 5 heteroatoms. The van der Waals surface area contributed by atoms with E-state index in [1.165, 1.54) is 45.2 Å². The molecule has 0 heterocycles. The van der Waals surface area contributed by atoms with E-state index in [1.54, 1.807) is 12.1 Å². The maximum absolute atomic E-state index is 14.1. The molecule has 0 spiro atoms. The predicted molar refractivity (Wildman–Crippen MR) is 235 cm³/mol. The van der Waals surface area contributed by atoms with Crippen LogP contribution >= 0.6 is 8.60 Å². The van der Waals surface area contributed by atoms with Crippen LogP contribution in [0, 0.1) is 5.82 Å². The topological polar surface area (TPSA) is 27.7 Å². The number of hydrogen-bond acceptors (Lipinski definition) is 3. The lowest BCUT2D eigenvalue weighted by molar-refractivity contribution is 0.377. The van der Waals surface area contributed by atoms with Crippen LogP contribution in [0.15, 0.2) is 72.8 Å². The summed E-state index contributed by atoms with van der Waals surface area (Å²) in [5.74, 6) is 1.57. The van der Waals surface area contributed by atoms with E-state index in [2.05, 4.69) is 173 Å². The number of halogens is 1. The fourth-order valence-corrected chi connectivity index (χ4v) is 8.04. The molecule has 0 amide bonds. The minimum absolute atomic E-state index is 0.0117. The standard InChI is InChI=1S/C50H66FO3P/c1-45(2,3)33-23-31-25-41(49(13,14)15)43(29-37(31)39(27-33)47(7,8)9)53-55(52-36-21-19-35(51)20-22-36)54-44-30-38-32(26-42(44)50(16,17)18)24-34(46(4,5)6)28-40(38)48(10,11)12/h19-30H,1-18H3. The van der Waals surface area contributed by atoms with Crippen molar-refractivity contribution in [3.8, 4) is 17.2 Å². The molecule has 55 heavy (non-hydrogen) atoms. The summed E-state index contributed by atoms with van der Waals surface area (Å²) < 4.78 is 34.9. The lowest BCUT2D eigenvalue weighted by Crippen LogP contribution is -2.19. The third-order valence-corrected chi connectivity index (χ3v) is 11.5. The minimum Gasteiger partial charge on any atom is -0.409 e. The number of fused-ring (bicyclic) bond motifs is 2. The summed E-state index contributed by atoms with van der Waals surface area (Å²) in [7, 11) is -2.08. The maximum Gasteiger partial charge on any atom is 0.530 e. The van der Waals surface area contributed by atoms with Crippen LogP contribution in [0.1, 0.15) is 158 Å². The highest BCUT2D eigenvalue weighted by Gasteiger charge is 2.32. The highest BCUT2D eigenvalue weighted by Crippen LogP contribution is 2.50. The summed E-state index contributed by atoms with van der Waals surface area (Å²) in [5, 5.41) is 4.66. The second-order valence-electron chi connectivity index (χ2n) is 21.6. The lowest BCUT2D eigenvalue weighted by atomic mass is 9.76. The van der Waals surface area contributed by atoms with E-state index >= 15 is 0 Å². The zero-order valence-corrected chi connectivity index (χ0v) is 37.9. The van der Waals surface area contributed by atoms with E-state index in [4.69, 9.17) is 13.6 Å². The first-order valence-corrected chi connectivity index (χ1v) is 20.9. The summed E-state index contributed by atoms with van der Waals surface area (Å²) in [6.07, 6.45) is 0. The van der Waals surface area contributed by atoms with E-state index in [0.717, 1.165) is 21.9 Å². The van der Waals surface area contributed by atoms with Crippen molar-refractivity contribution in [2.75, 3.05) is 0 Å². The van der Waals surface area contributed by atoms with Crippen LogP contribution < -0.4 is 13.6 Å². The Morgan fingerprint density at radius 3 is 1.04 bits per heavy atom. The molecule has 5 rings (SSSR count). The molecule has 0 unspecified atom stereocenters. The van der Waals surface area contributed by atoms with Gasteiger partial charge in [-0.15, -0.1) is 0 Å². The smallest absolute Gasteiger partial charge is 0.409 e. The van der Waals surface area contributed by atoms with E-state index in [9.17, 15) is 4.39 Å². The summed E-state index contributed by atoms with van der Waals surface area (Å²) in [4.78, 5) is 0. The van der Waals surface area contributed by atoms with Crippen molar-refractivity contribution in [2.45, 2.75) is 157 Å². The Hall–Kier alpha value is -3.62. The van der Waals surface area contributed by atoms with Crippen molar-refractivity contribution in [2.24, 2.45) is 0 Å². The zero-order valence-electron chi connectivity index (χ0n) is 37.0. The quantitative estimate of drug-likeness (QED) is 0.161. The molecular formula is C50H66FO3P. The Labute approximate surface area is 333 Å². The van der Waals surface area contributed by atoms with Crippen LogP contribution in [0.3, 0.4) is 0 Å².